The van der Waals surface area contributed by atoms with E-state index in [1.54, 1.807) is 17.0 Å². The maximum absolute atomic E-state index is 13.0. The zero-order chi connectivity index (χ0) is 16.7. The molecule has 1 saturated heterocycles. The molecule has 2 atom stereocenters. The molecular weight excluding hydrogens is 315 g/mol. The highest BCUT2D eigenvalue weighted by molar-refractivity contribution is 6.30. The van der Waals surface area contributed by atoms with Gasteiger partial charge in [-0.2, -0.15) is 0 Å². The SMILES string of the molecule is C[C@H]1CCCC[NH+]1CCCNC(=O)/C=C/c1ccc(F)c(Cl)c1. The molecule has 1 aliphatic rings. The highest BCUT2D eigenvalue weighted by Crippen LogP contribution is 2.16. The van der Waals surface area contributed by atoms with Gasteiger partial charge in [-0.05, 0) is 50.0 Å². The van der Waals surface area contributed by atoms with Crippen molar-refractivity contribution >= 4 is 23.6 Å². The molecular formula is C18H25ClFN2O+. The summed E-state index contributed by atoms with van der Waals surface area (Å²) in [7, 11) is 0. The largest absolute Gasteiger partial charge is 0.352 e. The number of nitrogens with one attached hydrogen (secondary N) is 2. The highest BCUT2D eigenvalue weighted by Gasteiger charge is 2.20. The van der Waals surface area contributed by atoms with Gasteiger partial charge in [0.25, 0.3) is 0 Å². The van der Waals surface area contributed by atoms with Crippen LogP contribution in [0.4, 0.5) is 4.39 Å². The molecule has 23 heavy (non-hydrogen) atoms. The number of hydrogen-bond acceptors (Lipinski definition) is 1. The molecule has 2 N–H and O–H groups in total. The van der Waals surface area contributed by atoms with Gasteiger partial charge in [0.15, 0.2) is 0 Å². The van der Waals surface area contributed by atoms with Gasteiger partial charge in [-0.15, -0.1) is 0 Å². The first-order chi connectivity index (χ1) is 11.1. The molecule has 3 nitrogen and oxygen atoms in total. The summed E-state index contributed by atoms with van der Waals surface area (Å²) < 4.78 is 13.0. The van der Waals surface area contributed by atoms with Crippen molar-refractivity contribution in [3.63, 3.8) is 0 Å². The molecule has 0 radical (unpaired) electrons. The standard InChI is InChI=1S/C18H24ClFN2O/c1-14-5-2-3-11-22(14)12-4-10-21-18(23)9-7-15-6-8-17(20)16(19)13-15/h6-9,13-14H,2-5,10-12H2,1H3,(H,21,23)/p+1/b9-7+/t14-/m0/s1. The van der Waals surface area contributed by atoms with Crippen LogP contribution in [0.1, 0.15) is 38.2 Å². The van der Waals surface area contributed by atoms with Crippen molar-refractivity contribution in [2.75, 3.05) is 19.6 Å². The van der Waals surface area contributed by atoms with Crippen molar-refractivity contribution in [1.82, 2.24) is 5.32 Å². The summed E-state index contributed by atoms with van der Waals surface area (Å²) in [4.78, 5) is 13.4. The fourth-order valence-electron chi connectivity index (χ4n) is 3.00. The molecule has 1 aliphatic heterocycles. The van der Waals surface area contributed by atoms with Gasteiger partial charge in [0.05, 0.1) is 24.2 Å². The number of quaternary nitrogens is 1. The third-order valence-electron chi connectivity index (χ3n) is 4.43. The van der Waals surface area contributed by atoms with Gasteiger partial charge < -0.3 is 10.2 Å². The van der Waals surface area contributed by atoms with Gasteiger partial charge in [0.2, 0.25) is 5.91 Å². The van der Waals surface area contributed by atoms with Crippen molar-refractivity contribution in [3.8, 4) is 0 Å². The third-order valence-corrected chi connectivity index (χ3v) is 4.72. The number of amides is 1. The molecule has 0 aliphatic carbocycles. The van der Waals surface area contributed by atoms with E-state index in [0.29, 0.717) is 12.1 Å². The van der Waals surface area contributed by atoms with Crippen molar-refractivity contribution in [3.05, 3.63) is 40.7 Å². The Morgan fingerprint density at radius 1 is 1.48 bits per heavy atom. The van der Waals surface area contributed by atoms with Gasteiger partial charge in [-0.25, -0.2) is 4.39 Å². The number of piperidine rings is 1. The van der Waals surface area contributed by atoms with Crippen molar-refractivity contribution in [1.29, 1.82) is 0 Å². The first kappa shape index (κ1) is 18.0. The third kappa shape index (κ3) is 5.96. The van der Waals surface area contributed by atoms with Crippen molar-refractivity contribution in [2.24, 2.45) is 0 Å². The Morgan fingerprint density at radius 2 is 2.30 bits per heavy atom. The van der Waals surface area contributed by atoms with Crippen LogP contribution in [0.25, 0.3) is 6.08 Å². The fraction of sp³-hybridized carbons (Fsp3) is 0.500. The zero-order valence-corrected chi connectivity index (χ0v) is 14.3. The Kier molecular flexibility index (Phi) is 7.06. The van der Waals surface area contributed by atoms with Crippen LogP contribution < -0.4 is 10.2 Å². The second-order valence-corrected chi connectivity index (χ2v) is 6.61. The predicted molar refractivity (Wildman–Crippen MR) is 92.1 cm³/mol. The molecule has 0 spiro atoms. The Hall–Kier alpha value is -1.39. The Labute approximate surface area is 142 Å². The van der Waals surface area contributed by atoms with Gasteiger partial charge >= 0.3 is 0 Å². The van der Waals surface area contributed by atoms with E-state index >= 15 is 0 Å². The molecule has 2 rings (SSSR count). The summed E-state index contributed by atoms with van der Waals surface area (Å²) >= 11 is 5.71. The normalized spacial score (nSPS) is 21.5. The number of carbonyl (C=O) groups excluding carboxylic acids is 1. The maximum Gasteiger partial charge on any atom is 0.244 e. The molecule has 5 heteroatoms. The summed E-state index contributed by atoms with van der Waals surface area (Å²) in [5.74, 6) is -0.588. The quantitative estimate of drug-likeness (QED) is 0.606. The van der Waals surface area contributed by atoms with Crippen LogP contribution in [0.5, 0.6) is 0 Å². The average Bonchev–Trinajstić information content (AvgIpc) is 2.54. The van der Waals surface area contributed by atoms with Crippen molar-refractivity contribution < 1.29 is 14.1 Å². The van der Waals surface area contributed by atoms with E-state index in [0.717, 1.165) is 19.0 Å². The minimum absolute atomic E-state index is 0.0613. The predicted octanol–water partition coefficient (Wildman–Crippen LogP) is 2.46. The summed E-state index contributed by atoms with van der Waals surface area (Å²) in [6.07, 6.45) is 8.06. The maximum atomic E-state index is 13.0. The van der Waals surface area contributed by atoms with Crippen molar-refractivity contribution in [2.45, 2.75) is 38.6 Å². The summed E-state index contributed by atoms with van der Waals surface area (Å²) in [6.45, 7) is 5.35. The Bertz CT molecular complexity index is 562. The lowest BCUT2D eigenvalue weighted by Crippen LogP contribution is -3.16. The highest BCUT2D eigenvalue weighted by atomic mass is 35.5. The second kappa shape index (κ2) is 9.04. The molecule has 0 aromatic heterocycles. The van der Waals surface area contributed by atoms with Crippen LogP contribution in [0.2, 0.25) is 5.02 Å². The van der Waals surface area contributed by atoms with E-state index in [2.05, 4.69) is 12.2 Å². The monoisotopic (exact) mass is 339 g/mol. The lowest BCUT2D eigenvalue weighted by atomic mass is 10.0. The minimum Gasteiger partial charge on any atom is -0.352 e. The number of likely N-dealkylation sites (tertiary alicyclic amines) is 1. The summed E-state index contributed by atoms with van der Waals surface area (Å²) in [5, 5.41) is 2.95. The van der Waals surface area contributed by atoms with Gasteiger partial charge in [-0.3, -0.25) is 4.79 Å². The van der Waals surface area contributed by atoms with Gasteiger partial charge in [0.1, 0.15) is 5.82 Å². The first-order valence-electron chi connectivity index (χ1n) is 8.32. The van der Waals surface area contributed by atoms with Crippen LogP contribution in [-0.2, 0) is 4.79 Å². The Balaban J connectivity index is 1.68. The summed E-state index contributed by atoms with van der Waals surface area (Å²) in [5.41, 5.74) is 0.707. The van der Waals surface area contributed by atoms with Gasteiger partial charge in [0, 0.05) is 19.0 Å². The second-order valence-electron chi connectivity index (χ2n) is 6.21. The zero-order valence-electron chi connectivity index (χ0n) is 13.6. The lowest BCUT2D eigenvalue weighted by Gasteiger charge is -2.30. The van der Waals surface area contributed by atoms with E-state index in [-0.39, 0.29) is 10.9 Å². The molecule has 0 saturated carbocycles. The Morgan fingerprint density at radius 3 is 3.04 bits per heavy atom. The fourth-order valence-corrected chi connectivity index (χ4v) is 3.19. The summed E-state index contributed by atoms with van der Waals surface area (Å²) in [6, 6.07) is 5.12. The van der Waals surface area contributed by atoms with Gasteiger partial charge in [-0.1, -0.05) is 17.7 Å². The van der Waals surface area contributed by atoms with E-state index < -0.39 is 5.82 Å². The van der Waals surface area contributed by atoms with Crippen LogP contribution in [-0.4, -0.2) is 31.6 Å². The van der Waals surface area contributed by atoms with Crippen LogP contribution >= 0.6 is 11.6 Å². The molecule has 126 valence electrons. The van der Waals surface area contributed by atoms with E-state index in [9.17, 15) is 9.18 Å². The van der Waals surface area contributed by atoms with Crippen LogP contribution in [0.3, 0.4) is 0 Å². The molecule has 1 heterocycles. The smallest absolute Gasteiger partial charge is 0.244 e. The van der Waals surface area contributed by atoms with Crippen LogP contribution in [0, 0.1) is 5.82 Å². The lowest BCUT2D eigenvalue weighted by molar-refractivity contribution is -0.928. The molecule has 1 aromatic carbocycles. The number of hydrogen-bond donors (Lipinski definition) is 2. The first-order valence-corrected chi connectivity index (χ1v) is 8.69. The molecule has 1 aromatic rings. The van der Waals surface area contributed by atoms with Crippen LogP contribution in [0.15, 0.2) is 24.3 Å². The topological polar surface area (TPSA) is 33.5 Å². The van der Waals surface area contributed by atoms with E-state index in [4.69, 9.17) is 11.6 Å². The number of rotatable bonds is 6. The molecule has 1 fully saturated rings. The minimum atomic E-state index is -0.456. The van der Waals surface area contributed by atoms with E-state index in [1.807, 2.05) is 0 Å². The number of halogens is 2. The van der Waals surface area contributed by atoms with E-state index in [1.165, 1.54) is 44.0 Å². The number of carbonyl (C=O) groups is 1. The number of benzene rings is 1. The molecule has 1 unspecified atom stereocenters. The molecule has 1 amide bonds. The average molecular weight is 340 g/mol. The molecule has 0 bridgehead atoms.